The Labute approximate surface area is 210 Å². The zero-order chi connectivity index (χ0) is 25.6. The van der Waals surface area contributed by atoms with Gasteiger partial charge in [-0.3, -0.25) is 19.2 Å². The zero-order valence-corrected chi connectivity index (χ0v) is 20.8. The summed E-state index contributed by atoms with van der Waals surface area (Å²) < 4.78 is 5.63. The Kier molecular flexibility index (Phi) is 6.24. The van der Waals surface area contributed by atoms with E-state index in [0.29, 0.717) is 36.4 Å². The molecule has 0 aromatic heterocycles. The molecule has 2 aromatic carbocycles. The van der Waals surface area contributed by atoms with E-state index < -0.39 is 11.9 Å². The minimum absolute atomic E-state index is 0.0721. The fraction of sp³-hybridized carbons (Fsp3) is 0.379. The minimum atomic E-state index is -0.552. The largest absolute Gasteiger partial charge is 0.426 e. The van der Waals surface area contributed by atoms with Crippen molar-refractivity contribution in [3.63, 3.8) is 0 Å². The Morgan fingerprint density at radius 3 is 2.42 bits per heavy atom. The number of allylic oxidation sites excluding steroid dienone is 2. The van der Waals surface area contributed by atoms with Crippen LogP contribution in [0.4, 0.5) is 5.69 Å². The van der Waals surface area contributed by atoms with Gasteiger partial charge in [-0.2, -0.15) is 0 Å². The van der Waals surface area contributed by atoms with Crippen LogP contribution in [0.3, 0.4) is 0 Å². The van der Waals surface area contributed by atoms with Gasteiger partial charge in [-0.15, -0.1) is 0 Å². The average molecular weight is 487 g/mol. The summed E-state index contributed by atoms with van der Waals surface area (Å²) in [7, 11) is 0. The van der Waals surface area contributed by atoms with Crippen molar-refractivity contribution < 1.29 is 23.9 Å². The van der Waals surface area contributed by atoms with Crippen LogP contribution in [0, 0.1) is 24.7 Å². The molecule has 0 unspecified atom stereocenters. The molecule has 186 valence electrons. The SMILES string of the molecule is CC1=CC[C@@H]2C(=O)N(c3ccc(OC(=O)[C@@H]4CC(=O)N([C@@H](C)c5ccccc5)C4)cc3C)C(=O)[C@H]2C1. The Bertz CT molecular complexity index is 1270. The van der Waals surface area contributed by atoms with Gasteiger partial charge in [0, 0.05) is 13.0 Å². The van der Waals surface area contributed by atoms with E-state index in [1.54, 1.807) is 30.0 Å². The molecule has 3 aliphatic rings. The molecule has 0 N–H and O–H groups in total. The summed E-state index contributed by atoms with van der Waals surface area (Å²) >= 11 is 0. The second-order valence-corrected chi connectivity index (χ2v) is 10.1. The summed E-state index contributed by atoms with van der Waals surface area (Å²) in [4.78, 5) is 54.6. The molecule has 0 bridgehead atoms. The first-order chi connectivity index (χ1) is 17.2. The molecule has 2 saturated heterocycles. The van der Waals surface area contributed by atoms with Gasteiger partial charge in [0.15, 0.2) is 0 Å². The maximum Gasteiger partial charge on any atom is 0.316 e. The molecule has 1 aliphatic carbocycles. The quantitative estimate of drug-likeness (QED) is 0.271. The summed E-state index contributed by atoms with van der Waals surface area (Å²) in [5.74, 6) is -1.70. The molecule has 5 rings (SSSR count). The normalized spacial score (nSPS) is 24.6. The number of carbonyl (C=O) groups is 4. The third kappa shape index (κ3) is 4.23. The van der Waals surface area contributed by atoms with Crippen molar-refractivity contribution in [1.29, 1.82) is 0 Å². The van der Waals surface area contributed by atoms with Crippen LogP contribution in [0.2, 0.25) is 0 Å². The van der Waals surface area contributed by atoms with Crippen molar-refractivity contribution in [3.05, 3.63) is 71.3 Å². The highest BCUT2D eigenvalue weighted by atomic mass is 16.5. The number of ether oxygens (including phenoxy) is 1. The second-order valence-electron chi connectivity index (χ2n) is 10.1. The van der Waals surface area contributed by atoms with Crippen LogP contribution >= 0.6 is 0 Å². The number of carbonyl (C=O) groups excluding carboxylic acids is 4. The van der Waals surface area contributed by atoms with Crippen LogP contribution in [0.1, 0.15) is 50.3 Å². The lowest BCUT2D eigenvalue weighted by Gasteiger charge is -2.25. The van der Waals surface area contributed by atoms with Gasteiger partial charge in [0.1, 0.15) is 5.75 Å². The van der Waals surface area contributed by atoms with E-state index >= 15 is 0 Å². The van der Waals surface area contributed by atoms with E-state index in [9.17, 15) is 19.2 Å². The number of hydrogen-bond donors (Lipinski definition) is 0. The lowest BCUT2D eigenvalue weighted by Crippen LogP contribution is -2.31. The van der Waals surface area contributed by atoms with Gasteiger partial charge in [0.25, 0.3) is 0 Å². The molecule has 2 fully saturated rings. The van der Waals surface area contributed by atoms with Crippen LogP contribution in [-0.2, 0) is 19.2 Å². The molecule has 2 heterocycles. The lowest BCUT2D eigenvalue weighted by molar-refractivity contribution is -0.139. The third-order valence-electron chi connectivity index (χ3n) is 7.69. The molecule has 2 aliphatic heterocycles. The molecular weight excluding hydrogens is 456 g/mol. The monoisotopic (exact) mass is 486 g/mol. The number of benzene rings is 2. The number of hydrogen-bond acceptors (Lipinski definition) is 5. The Morgan fingerprint density at radius 2 is 1.69 bits per heavy atom. The first-order valence-electron chi connectivity index (χ1n) is 12.4. The molecule has 0 spiro atoms. The summed E-state index contributed by atoms with van der Waals surface area (Å²) in [5, 5.41) is 0. The highest BCUT2D eigenvalue weighted by molar-refractivity contribution is 6.22. The fourth-order valence-corrected chi connectivity index (χ4v) is 5.59. The van der Waals surface area contributed by atoms with Gasteiger partial charge < -0.3 is 9.64 Å². The second kappa shape index (κ2) is 9.37. The summed E-state index contributed by atoms with van der Waals surface area (Å²) in [5.41, 5.74) is 3.35. The molecule has 0 saturated carbocycles. The van der Waals surface area contributed by atoms with Crippen LogP contribution in [-0.4, -0.2) is 35.1 Å². The maximum absolute atomic E-state index is 13.1. The molecule has 7 heteroatoms. The predicted molar refractivity (Wildman–Crippen MR) is 134 cm³/mol. The molecule has 4 atom stereocenters. The zero-order valence-electron chi connectivity index (χ0n) is 20.8. The lowest BCUT2D eigenvalue weighted by atomic mass is 9.82. The number of anilines is 1. The van der Waals surface area contributed by atoms with E-state index in [2.05, 4.69) is 0 Å². The average Bonchev–Trinajstić information content (AvgIpc) is 3.37. The van der Waals surface area contributed by atoms with Crippen LogP contribution in [0.25, 0.3) is 0 Å². The summed E-state index contributed by atoms with van der Waals surface area (Å²) in [6.07, 6.45) is 3.35. The van der Waals surface area contributed by atoms with Gasteiger partial charge in [0.05, 0.1) is 29.5 Å². The highest BCUT2D eigenvalue weighted by Crippen LogP contribution is 2.41. The first-order valence-corrected chi connectivity index (χ1v) is 12.4. The van der Waals surface area contributed by atoms with Crippen molar-refractivity contribution in [2.24, 2.45) is 17.8 Å². The van der Waals surface area contributed by atoms with E-state index in [0.717, 1.165) is 11.1 Å². The number of rotatable bonds is 5. The molecule has 7 nitrogen and oxygen atoms in total. The van der Waals surface area contributed by atoms with Crippen LogP contribution in [0.5, 0.6) is 5.75 Å². The number of esters is 1. The number of likely N-dealkylation sites (tertiary alicyclic amines) is 1. The van der Waals surface area contributed by atoms with E-state index in [-0.39, 0.29) is 42.0 Å². The summed E-state index contributed by atoms with van der Waals surface area (Å²) in [6.45, 7) is 6.04. The van der Waals surface area contributed by atoms with Crippen molar-refractivity contribution in [1.82, 2.24) is 4.90 Å². The third-order valence-corrected chi connectivity index (χ3v) is 7.69. The van der Waals surface area contributed by atoms with Crippen molar-refractivity contribution in [2.75, 3.05) is 11.4 Å². The topological polar surface area (TPSA) is 84.0 Å². The van der Waals surface area contributed by atoms with E-state index in [4.69, 9.17) is 4.74 Å². The Morgan fingerprint density at radius 1 is 0.972 bits per heavy atom. The van der Waals surface area contributed by atoms with E-state index in [1.165, 1.54) is 4.90 Å². The number of nitrogens with zero attached hydrogens (tertiary/aromatic N) is 2. The van der Waals surface area contributed by atoms with Crippen molar-refractivity contribution in [3.8, 4) is 5.75 Å². The molecule has 2 aromatic rings. The van der Waals surface area contributed by atoms with Gasteiger partial charge in [0.2, 0.25) is 17.7 Å². The van der Waals surface area contributed by atoms with Gasteiger partial charge in [-0.1, -0.05) is 42.0 Å². The van der Waals surface area contributed by atoms with Gasteiger partial charge >= 0.3 is 5.97 Å². The van der Waals surface area contributed by atoms with Crippen molar-refractivity contribution in [2.45, 2.75) is 46.1 Å². The van der Waals surface area contributed by atoms with Crippen molar-refractivity contribution >= 4 is 29.4 Å². The molecular formula is C29H30N2O5. The standard InChI is InChI=1S/C29H30N2O5/c1-17-9-11-23-24(13-17)28(34)31(27(23)33)25-12-10-22(14-18(25)2)36-29(35)21-15-26(32)30(16-21)19(3)20-7-5-4-6-8-20/h4-10,12,14,19,21,23-24H,11,13,15-16H2,1-3H3/t19-,21+,23-,24-/m0/s1. The smallest absolute Gasteiger partial charge is 0.316 e. The number of aryl methyl sites for hydroxylation is 1. The van der Waals surface area contributed by atoms with Gasteiger partial charge in [-0.05, 0) is 62.9 Å². The highest BCUT2D eigenvalue weighted by Gasteiger charge is 2.49. The first kappa shape index (κ1) is 24.0. The van der Waals surface area contributed by atoms with Crippen LogP contribution < -0.4 is 9.64 Å². The molecule has 0 radical (unpaired) electrons. The Hall–Kier alpha value is -3.74. The predicted octanol–water partition coefficient (Wildman–Crippen LogP) is 4.36. The number of imide groups is 1. The van der Waals surface area contributed by atoms with Gasteiger partial charge in [-0.25, -0.2) is 4.90 Å². The molecule has 3 amide bonds. The molecule has 36 heavy (non-hydrogen) atoms. The summed E-state index contributed by atoms with van der Waals surface area (Å²) in [6, 6.07) is 14.5. The van der Waals surface area contributed by atoms with Crippen LogP contribution in [0.15, 0.2) is 60.2 Å². The minimum Gasteiger partial charge on any atom is -0.426 e. The maximum atomic E-state index is 13.1. The fourth-order valence-electron chi connectivity index (χ4n) is 5.59. The Balaban J connectivity index is 1.26. The number of fused-ring (bicyclic) bond motifs is 1. The number of amides is 3. The van der Waals surface area contributed by atoms with E-state index in [1.807, 2.05) is 50.3 Å².